The molecule has 0 aromatic rings. The highest BCUT2D eigenvalue weighted by molar-refractivity contribution is 4.67. The highest BCUT2D eigenvalue weighted by Crippen LogP contribution is 2.08. The molecule has 0 aliphatic carbocycles. The van der Waals surface area contributed by atoms with E-state index in [1.165, 1.54) is 38.9 Å². The monoisotopic (exact) mass is 228 g/mol. The summed E-state index contributed by atoms with van der Waals surface area (Å²) in [5, 5.41) is 0. The second kappa shape index (κ2) is 8.04. The van der Waals surface area contributed by atoms with Crippen LogP contribution in [-0.4, -0.2) is 62.3 Å². The molecular weight excluding hydrogens is 200 g/mol. The molecule has 0 N–H and O–H groups in total. The summed E-state index contributed by atoms with van der Waals surface area (Å²) in [6.07, 6.45) is 4.56. The molecule has 16 heavy (non-hydrogen) atoms. The fourth-order valence-corrected chi connectivity index (χ4v) is 2.36. The molecule has 1 aliphatic heterocycles. The van der Waals surface area contributed by atoms with E-state index in [2.05, 4.69) is 30.7 Å². The van der Waals surface area contributed by atoms with Crippen LogP contribution in [0.2, 0.25) is 0 Å². The molecule has 1 aliphatic rings. The zero-order valence-electron chi connectivity index (χ0n) is 11.2. The average molecular weight is 228 g/mol. The van der Waals surface area contributed by atoms with Gasteiger partial charge in [-0.1, -0.05) is 6.42 Å². The van der Waals surface area contributed by atoms with Crippen LogP contribution in [0.3, 0.4) is 0 Å². The summed E-state index contributed by atoms with van der Waals surface area (Å²) < 4.78 is 5.55. The number of rotatable bonds is 7. The minimum atomic E-state index is 0.358. The van der Waals surface area contributed by atoms with Crippen molar-refractivity contribution in [3.05, 3.63) is 0 Å². The SMILES string of the molecule is CCOC(C)CN(C)CCN1CCCCC1. The molecule has 0 aromatic heterocycles. The van der Waals surface area contributed by atoms with E-state index in [-0.39, 0.29) is 0 Å². The van der Waals surface area contributed by atoms with Gasteiger partial charge in [0.25, 0.3) is 0 Å². The maximum absolute atomic E-state index is 5.55. The standard InChI is InChI=1S/C13H28N2O/c1-4-16-13(2)12-14(3)10-11-15-8-6-5-7-9-15/h13H,4-12H2,1-3H3. The Morgan fingerprint density at radius 1 is 1.25 bits per heavy atom. The first-order valence-corrected chi connectivity index (χ1v) is 6.75. The molecule has 0 amide bonds. The molecule has 1 heterocycles. The highest BCUT2D eigenvalue weighted by atomic mass is 16.5. The number of hydrogen-bond donors (Lipinski definition) is 0. The van der Waals surface area contributed by atoms with Gasteiger partial charge < -0.3 is 14.5 Å². The molecule has 1 rings (SSSR count). The van der Waals surface area contributed by atoms with E-state index in [9.17, 15) is 0 Å². The van der Waals surface area contributed by atoms with Crippen molar-refractivity contribution >= 4 is 0 Å². The lowest BCUT2D eigenvalue weighted by atomic mass is 10.1. The lowest BCUT2D eigenvalue weighted by molar-refractivity contribution is 0.0492. The summed E-state index contributed by atoms with van der Waals surface area (Å²) in [6.45, 7) is 11.1. The van der Waals surface area contributed by atoms with Gasteiger partial charge in [-0.05, 0) is 46.8 Å². The Morgan fingerprint density at radius 3 is 2.56 bits per heavy atom. The minimum Gasteiger partial charge on any atom is -0.377 e. The van der Waals surface area contributed by atoms with E-state index < -0.39 is 0 Å². The van der Waals surface area contributed by atoms with Crippen LogP contribution in [-0.2, 0) is 4.74 Å². The first-order valence-electron chi connectivity index (χ1n) is 6.75. The lowest BCUT2D eigenvalue weighted by Gasteiger charge is -2.29. The third-order valence-corrected chi connectivity index (χ3v) is 3.27. The summed E-state index contributed by atoms with van der Waals surface area (Å²) in [5.74, 6) is 0. The number of piperidine rings is 1. The van der Waals surface area contributed by atoms with Gasteiger partial charge in [-0.2, -0.15) is 0 Å². The summed E-state index contributed by atoms with van der Waals surface area (Å²) >= 11 is 0. The van der Waals surface area contributed by atoms with Crippen LogP contribution in [0.5, 0.6) is 0 Å². The Bertz CT molecular complexity index is 169. The minimum absolute atomic E-state index is 0.358. The van der Waals surface area contributed by atoms with E-state index in [4.69, 9.17) is 4.74 Å². The predicted octanol–water partition coefficient (Wildman–Crippen LogP) is 1.83. The third kappa shape index (κ3) is 5.83. The first kappa shape index (κ1) is 13.9. The van der Waals surface area contributed by atoms with Crippen molar-refractivity contribution in [2.75, 3.05) is 46.4 Å². The Labute approximate surface area is 101 Å². The maximum atomic E-state index is 5.55. The fraction of sp³-hybridized carbons (Fsp3) is 1.00. The largest absolute Gasteiger partial charge is 0.377 e. The maximum Gasteiger partial charge on any atom is 0.0673 e. The Balaban J connectivity index is 2.06. The summed E-state index contributed by atoms with van der Waals surface area (Å²) in [5.41, 5.74) is 0. The zero-order chi connectivity index (χ0) is 11.8. The van der Waals surface area contributed by atoms with Gasteiger partial charge in [0.1, 0.15) is 0 Å². The number of likely N-dealkylation sites (tertiary alicyclic amines) is 1. The second-order valence-electron chi connectivity index (χ2n) is 4.93. The third-order valence-electron chi connectivity index (χ3n) is 3.27. The van der Waals surface area contributed by atoms with Crippen molar-refractivity contribution in [1.82, 2.24) is 9.80 Å². The number of hydrogen-bond acceptors (Lipinski definition) is 3. The van der Waals surface area contributed by atoms with Gasteiger partial charge in [-0.15, -0.1) is 0 Å². The fourth-order valence-electron chi connectivity index (χ4n) is 2.36. The predicted molar refractivity (Wildman–Crippen MR) is 68.9 cm³/mol. The van der Waals surface area contributed by atoms with Gasteiger partial charge in [0.15, 0.2) is 0 Å². The van der Waals surface area contributed by atoms with Crippen molar-refractivity contribution in [2.45, 2.75) is 39.2 Å². The molecule has 3 heteroatoms. The number of ether oxygens (including phenoxy) is 1. The van der Waals surface area contributed by atoms with E-state index in [1.54, 1.807) is 0 Å². The molecule has 0 spiro atoms. The van der Waals surface area contributed by atoms with E-state index in [0.29, 0.717) is 6.10 Å². The van der Waals surface area contributed by atoms with Crippen molar-refractivity contribution in [3.63, 3.8) is 0 Å². The molecule has 3 nitrogen and oxygen atoms in total. The summed E-state index contributed by atoms with van der Waals surface area (Å²) in [7, 11) is 2.19. The van der Waals surface area contributed by atoms with Gasteiger partial charge in [-0.25, -0.2) is 0 Å². The second-order valence-corrected chi connectivity index (χ2v) is 4.93. The van der Waals surface area contributed by atoms with Gasteiger partial charge in [0.05, 0.1) is 6.10 Å². The first-order chi connectivity index (χ1) is 7.72. The van der Waals surface area contributed by atoms with Crippen molar-refractivity contribution in [3.8, 4) is 0 Å². The zero-order valence-corrected chi connectivity index (χ0v) is 11.2. The van der Waals surface area contributed by atoms with Gasteiger partial charge >= 0.3 is 0 Å². The van der Waals surface area contributed by atoms with Crippen LogP contribution >= 0.6 is 0 Å². The quantitative estimate of drug-likeness (QED) is 0.661. The molecular formula is C13H28N2O. The molecule has 0 radical (unpaired) electrons. The van der Waals surface area contributed by atoms with E-state index >= 15 is 0 Å². The smallest absolute Gasteiger partial charge is 0.0673 e. The topological polar surface area (TPSA) is 15.7 Å². The van der Waals surface area contributed by atoms with E-state index in [1.807, 2.05) is 0 Å². The van der Waals surface area contributed by atoms with Crippen LogP contribution in [0.25, 0.3) is 0 Å². The molecule has 0 aromatic carbocycles. The molecule has 1 fully saturated rings. The average Bonchev–Trinajstić information content (AvgIpc) is 2.28. The molecule has 1 atom stereocenters. The lowest BCUT2D eigenvalue weighted by Crippen LogP contribution is -2.38. The summed E-state index contributed by atoms with van der Waals surface area (Å²) in [4.78, 5) is 4.97. The van der Waals surface area contributed by atoms with E-state index in [0.717, 1.165) is 19.7 Å². The summed E-state index contributed by atoms with van der Waals surface area (Å²) in [6, 6.07) is 0. The normalized spacial score (nSPS) is 20.2. The number of likely N-dealkylation sites (N-methyl/N-ethyl adjacent to an activating group) is 1. The van der Waals surface area contributed by atoms with Gasteiger partial charge in [0, 0.05) is 26.2 Å². The Morgan fingerprint density at radius 2 is 1.94 bits per heavy atom. The van der Waals surface area contributed by atoms with Crippen LogP contribution < -0.4 is 0 Å². The van der Waals surface area contributed by atoms with Crippen LogP contribution in [0.1, 0.15) is 33.1 Å². The molecule has 1 unspecified atom stereocenters. The van der Waals surface area contributed by atoms with Crippen molar-refractivity contribution < 1.29 is 4.74 Å². The van der Waals surface area contributed by atoms with Gasteiger partial charge in [-0.3, -0.25) is 0 Å². The molecule has 96 valence electrons. The Kier molecular flexibility index (Phi) is 7.01. The van der Waals surface area contributed by atoms with Crippen LogP contribution in [0.15, 0.2) is 0 Å². The van der Waals surface area contributed by atoms with Crippen molar-refractivity contribution in [2.24, 2.45) is 0 Å². The molecule has 1 saturated heterocycles. The van der Waals surface area contributed by atoms with Crippen LogP contribution in [0.4, 0.5) is 0 Å². The Hall–Kier alpha value is -0.120. The van der Waals surface area contributed by atoms with Crippen LogP contribution in [0, 0.1) is 0 Å². The van der Waals surface area contributed by atoms with Crippen molar-refractivity contribution in [1.29, 1.82) is 0 Å². The number of nitrogens with zero attached hydrogens (tertiary/aromatic N) is 2. The molecule has 0 saturated carbocycles. The highest BCUT2D eigenvalue weighted by Gasteiger charge is 2.11. The van der Waals surface area contributed by atoms with Gasteiger partial charge in [0.2, 0.25) is 0 Å². The molecule has 0 bridgehead atoms.